The molecule has 2 heteroatoms. The molecule has 1 aliphatic rings. The van der Waals surface area contributed by atoms with Gasteiger partial charge in [0.05, 0.1) is 0 Å². The lowest BCUT2D eigenvalue weighted by molar-refractivity contribution is 0.243. The van der Waals surface area contributed by atoms with Crippen molar-refractivity contribution in [1.29, 1.82) is 0 Å². The van der Waals surface area contributed by atoms with Crippen molar-refractivity contribution < 1.29 is 0 Å². The molecule has 0 aromatic heterocycles. The number of likely N-dealkylation sites (tertiary alicyclic amines) is 1. The summed E-state index contributed by atoms with van der Waals surface area (Å²) < 4.78 is 0. The molecule has 1 N–H and O–H groups in total. The van der Waals surface area contributed by atoms with Gasteiger partial charge in [-0.2, -0.15) is 0 Å². The molecule has 0 aliphatic carbocycles. The monoisotopic (exact) mass is 212 g/mol. The summed E-state index contributed by atoms with van der Waals surface area (Å²) in [7, 11) is 0. The van der Waals surface area contributed by atoms with Gasteiger partial charge in [0, 0.05) is 18.6 Å². The van der Waals surface area contributed by atoms with Crippen LogP contribution in [0.15, 0.2) is 0 Å². The highest BCUT2D eigenvalue weighted by Crippen LogP contribution is 2.11. The minimum atomic E-state index is 0.662. The van der Waals surface area contributed by atoms with Gasteiger partial charge in [-0.1, -0.05) is 13.8 Å². The van der Waals surface area contributed by atoms with Crippen molar-refractivity contribution in [3.05, 3.63) is 0 Å². The van der Waals surface area contributed by atoms with Crippen molar-refractivity contribution in [2.45, 2.75) is 59.0 Å². The third kappa shape index (κ3) is 4.98. The molecule has 0 bridgehead atoms. The Morgan fingerprint density at radius 3 is 2.20 bits per heavy atom. The first-order valence-corrected chi connectivity index (χ1v) is 6.57. The normalized spacial score (nSPS) is 22.2. The molecule has 2 atom stereocenters. The summed E-state index contributed by atoms with van der Waals surface area (Å²) >= 11 is 0. The predicted molar refractivity (Wildman–Crippen MR) is 67.2 cm³/mol. The minimum Gasteiger partial charge on any atom is -0.313 e. The molecule has 1 rings (SSSR count). The smallest absolute Gasteiger partial charge is 0.0192 e. The van der Waals surface area contributed by atoms with Crippen LogP contribution in [0.1, 0.15) is 47.0 Å². The van der Waals surface area contributed by atoms with Crippen molar-refractivity contribution in [2.24, 2.45) is 5.92 Å². The maximum Gasteiger partial charge on any atom is 0.0192 e. The van der Waals surface area contributed by atoms with Crippen LogP contribution >= 0.6 is 0 Å². The van der Waals surface area contributed by atoms with E-state index in [4.69, 9.17) is 0 Å². The number of nitrogens with zero attached hydrogens (tertiary/aromatic N) is 1. The van der Waals surface area contributed by atoms with Crippen LogP contribution < -0.4 is 5.32 Å². The highest BCUT2D eigenvalue weighted by Gasteiger charge is 2.18. The molecule has 0 aromatic carbocycles. The Balaban J connectivity index is 2.12. The third-order valence-corrected chi connectivity index (χ3v) is 3.35. The molecule has 1 aliphatic heterocycles. The molecule has 15 heavy (non-hydrogen) atoms. The molecule has 2 nitrogen and oxygen atoms in total. The van der Waals surface area contributed by atoms with Gasteiger partial charge in [-0.05, 0) is 52.1 Å². The predicted octanol–water partition coefficient (Wildman–Crippen LogP) is 2.49. The summed E-state index contributed by atoms with van der Waals surface area (Å²) in [6.45, 7) is 13.0. The van der Waals surface area contributed by atoms with Crippen LogP contribution in [0, 0.1) is 5.92 Å². The Morgan fingerprint density at radius 2 is 1.67 bits per heavy atom. The van der Waals surface area contributed by atoms with E-state index < -0.39 is 0 Å². The summed E-state index contributed by atoms with van der Waals surface area (Å²) in [5.74, 6) is 0.801. The topological polar surface area (TPSA) is 15.3 Å². The van der Waals surface area contributed by atoms with Gasteiger partial charge in [0.25, 0.3) is 0 Å². The fourth-order valence-electron chi connectivity index (χ4n) is 2.47. The molecule has 1 fully saturated rings. The minimum absolute atomic E-state index is 0.662. The lowest BCUT2D eigenvalue weighted by Crippen LogP contribution is -2.41. The second kappa shape index (κ2) is 6.49. The van der Waals surface area contributed by atoms with E-state index in [9.17, 15) is 0 Å². The largest absolute Gasteiger partial charge is 0.313 e. The van der Waals surface area contributed by atoms with Crippen LogP contribution in [0.25, 0.3) is 0 Å². The van der Waals surface area contributed by atoms with E-state index in [2.05, 4.69) is 37.9 Å². The van der Waals surface area contributed by atoms with Crippen molar-refractivity contribution >= 4 is 0 Å². The summed E-state index contributed by atoms with van der Waals surface area (Å²) in [5, 5.41) is 3.65. The van der Waals surface area contributed by atoms with E-state index in [0.29, 0.717) is 12.1 Å². The zero-order valence-electron chi connectivity index (χ0n) is 10.9. The van der Waals surface area contributed by atoms with E-state index in [1.54, 1.807) is 0 Å². The lowest BCUT2D eigenvalue weighted by Gasteiger charge is -2.26. The van der Waals surface area contributed by atoms with Gasteiger partial charge < -0.3 is 5.32 Å². The highest BCUT2D eigenvalue weighted by atomic mass is 15.2. The first-order chi connectivity index (χ1) is 7.09. The molecule has 90 valence electrons. The van der Waals surface area contributed by atoms with E-state index in [-0.39, 0.29) is 0 Å². The average molecular weight is 212 g/mol. The van der Waals surface area contributed by atoms with Gasteiger partial charge in [-0.25, -0.2) is 0 Å². The van der Waals surface area contributed by atoms with E-state index >= 15 is 0 Å². The summed E-state index contributed by atoms with van der Waals surface area (Å²) in [5.41, 5.74) is 0. The van der Waals surface area contributed by atoms with Crippen molar-refractivity contribution in [2.75, 3.05) is 19.6 Å². The van der Waals surface area contributed by atoms with Crippen molar-refractivity contribution in [3.8, 4) is 0 Å². The summed E-state index contributed by atoms with van der Waals surface area (Å²) in [6.07, 6.45) is 4.07. The number of hydrogen-bond acceptors (Lipinski definition) is 2. The Bertz CT molecular complexity index is 162. The van der Waals surface area contributed by atoms with Crippen LogP contribution in [0.3, 0.4) is 0 Å². The van der Waals surface area contributed by atoms with Crippen LogP contribution in [0.4, 0.5) is 0 Å². The van der Waals surface area contributed by atoms with Crippen molar-refractivity contribution in [3.63, 3.8) is 0 Å². The maximum absolute atomic E-state index is 3.65. The van der Waals surface area contributed by atoms with E-state index in [0.717, 1.165) is 12.5 Å². The first-order valence-electron chi connectivity index (χ1n) is 6.57. The Kier molecular flexibility index (Phi) is 5.62. The van der Waals surface area contributed by atoms with Crippen LogP contribution in [0.5, 0.6) is 0 Å². The van der Waals surface area contributed by atoms with Gasteiger partial charge in [-0.15, -0.1) is 0 Å². The van der Waals surface area contributed by atoms with Crippen LogP contribution in [-0.4, -0.2) is 36.6 Å². The Morgan fingerprint density at radius 1 is 1.07 bits per heavy atom. The third-order valence-electron chi connectivity index (χ3n) is 3.35. The Hall–Kier alpha value is -0.0800. The second-order valence-corrected chi connectivity index (χ2v) is 5.53. The molecular weight excluding hydrogens is 184 g/mol. The zero-order chi connectivity index (χ0) is 11.3. The molecule has 0 amide bonds. The quantitative estimate of drug-likeness (QED) is 0.728. The van der Waals surface area contributed by atoms with E-state index in [1.165, 1.54) is 32.4 Å². The fraction of sp³-hybridized carbons (Fsp3) is 1.00. The summed E-state index contributed by atoms with van der Waals surface area (Å²) in [6, 6.07) is 1.37. The molecule has 1 heterocycles. The van der Waals surface area contributed by atoms with Gasteiger partial charge in [-0.3, -0.25) is 4.90 Å². The number of rotatable bonds is 6. The zero-order valence-corrected chi connectivity index (χ0v) is 10.9. The van der Waals surface area contributed by atoms with Crippen LogP contribution in [-0.2, 0) is 0 Å². The average Bonchev–Trinajstić information content (AvgIpc) is 2.65. The molecular formula is C13H28N2. The maximum atomic E-state index is 3.65. The fourth-order valence-corrected chi connectivity index (χ4v) is 2.47. The summed E-state index contributed by atoms with van der Waals surface area (Å²) in [4.78, 5) is 2.61. The molecule has 0 aromatic rings. The van der Waals surface area contributed by atoms with Gasteiger partial charge in [0.2, 0.25) is 0 Å². The molecule has 0 saturated carbocycles. The van der Waals surface area contributed by atoms with Gasteiger partial charge in [0.15, 0.2) is 0 Å². The molecule has 1 saturated heterocycles. The van der Waals surface area contributed by atoms with Gasteiger partial charge in [0.1, 0.15) is 0 Å². The van der Waals surface area contributed by atoms with Crippen molar-refractivity contribution in [1.82, 2.24) is 10.2 Å². The molecule has 0 spiro atoms. The highest BCUT2D eigenvalue weighted by molar-refractivity contribution is 4.76. The van der Waals surface area contributed by atoms with Crippen LogP contribution in [0.2, 0.25) is 0 Å². The molecule has 0 radical (unpaired) electrons. The first kappa shape index (κ1) is 13.0. The lowest BCUT2D eigenvalue weighted by atomic mass is 10.1. The van der Waals surface area contributed by atoms with E-state index in [1.807, 2.05) is 0 Å². The number of hydrogen-bond donors (Lipinski definition) is 1. The molecule has 2 unspecified atom stereocenters. The SMILES string of the molecule is CC(C)CC(C)NCC(C)N1CCCC1. The standard InChI is InChI=1S/C13H28N2/c1-11(2)9-12(3)14-10-13(4)15-7-5-6-8-15/h11-14H,5-10H2,1-4H3. The second-order valence-electron chi connectivity index (χ2n) is 5.53. The number of nitrogens with one attached hydrogen (secondary N) is 1. The Labute approximate surface area is 95.4 Å². The van der Waals surface area contributed by atoms with Gasteiger partial charge >= 0.3 is 0 Å².